The minimum Gasteiger partial charge on any atom is -0.761 e. The van der Waals surface area contributed by atoms with Gasteiger partial charge in [0.05, 0.1) is 5.69 Å². The number of benzene rings is 1. The summed E-state index contributed by atoms with van der Waals surface area (Å²) in [7, 11) is 0. The molecule has 0 aromatic heterocycles. The summed E-state index contributed by atoms with van der Waals surface area (Å²) in [6.07, 6.45) is -0.270. The first-order chi connectivity index (χ1) is 12.2. The van der Waals surface area contributed by atoms with Crippen LogP contribution in [0.15, 0.2) is 12.1 Å². The molecule has 0 atom stereocenters. The molecule has 7 nitrogen and oxygen atoms in total. The van der Waals surface area contributed by atoms with Crippen molar-refractivity contribution in [3.05, 3.63) is 27.9 Å². The van der Waals surface area contributed by atoms with Crippen LogP contribution >= 0.6 is 11.6 Å². The highest BCUT2D eigenvalue weighted by Gasteiger charge is 2.25. The maximum absolute atomic E-state index is 12.1. The van der Waals surface area contributed by atoms with Crippen LogP contribution in [0, 0.1) is 12.1 Å². The summed E-state index contributed by atoms with van der Waals surface area (Å²) in [5, 5.41) is 11.6. The Hall–Kier alpha value is -1.70. The van der Waals surface area contributed by atoms with Crippen molar-refractivity contribution < 1.29 is 14.3 Å². The minimum atomic E-state index is -0.481. The first kappa shape index (κ1) is 20.6. The van der Waals surface area contributed by atoms with Crippen LogP contribution in [-0.2, 0) is 4.74 Å². The van der Waals surface area contributed by atoms with Crippen molar-refractivity contribution in [2.45, 2.75) is 33.3 Å². The third kappa shape index (κ3) is 5.93. The molecule has 0 bridgehead atoms. The molecule has 1 aliphatic heterocycles. The van der Waals surface area contributed by atoms with Gasteiger partial charge in [-0.3, -0.25) is 4.90 Å². The predicted molar refractivity (Wildman–Crippen MR) is 103 cm³/mol. The summed E-state index contributed by atoms with van der Waals surface area (Å²) in [6, 6.07) is 3.32. The van der Waals surface area contributed by atoms with E-state index in [0.717, 1.165) is 18.7 Å². The molecular formula is C18H27ClN3O4-. The van der Waals surface area contributed by atoms with E-state index in [1.807, 2.05) is 33.2 Å². The van der Waals surface area contributed by atoms with Gasteiger partial charge in [0.15, 0.2) is 0 Å². The Labute approximate surface area is 159 Å². The Balaban J connectivity index is 1.77. The molecule has 0 saturated carbocycles. The smallest absolute Gasteiger partial charge is 0.410 e. The zero-order chi connectivity index (χ0) is 19.3. The Bertz CT molecular complexity index is 626. The molecule has 0 spiro atoms. The predicted octanol–water partition coefficient (Wildman–Crippen LogP) is 3.49. The van der Waals surface area contributed by atoms with Crippen LogP contribution in [0.3, 0.4) is 0 Å². The van der Waals surface area contributed by atoms with Crippen molar-refractivity contribution in [1.29, 1.82) is 0 Å². The molecule has 1 N–H and O–H groups in total. The largest absolute Gasteiger partial charge is 0.761 e. The fraction of sp³-hybridized carbons (Fsp3) is 0.611. The number of carbonyl (C=O) groups is 1. The summed E-state index contributed by atoms with van der Waals surface area (Å²) in [6.45, 7) is 11.3. The van der Waals surface area contributed by atoms with E-state index in [1.165, 1.54) is 0 Å². The number of rotatable bonds is 5. The number of halogens is 1. The van der Waals surface area contributed by atoms with Gasteiger partial charge in [0.25, 0.3) is 0 Å². The number of ether oxygens (including phenoxy) is 2. The molecule has 1 aromatic carbocycles. The molecule has 2 rings (SSSR count). The van der Waals surface area contributed by atoms with Crippen molar-refractivity contribution >= 4 is 23.4 Å². The number of anilines is 1. The number of piperazine rings is 1. The van der Waals surface area contributed by atoms with E-state index < -0.39 is 5.60 Å². The van der Waals surface area contributed by atoms with E-state index >= 15 is 0 Å². The van der Waals surface area contributed by atoms with Gasteiger partial charge >= 0.3 is 6.09 Å². The van der Waals surface area contributed by atoms with Crippen LogP contribution in [0.4, 0.5) is 10.5 Å². The van der Waals surface area contributed by atoms with Crippen LogP contribution in [-0.4, -0.2) is 60.8 Å². The van der Waals surface area contributed by atoms with Crippen molar-refractivity contribution in [2.75, 3.05) is 44.8 Å². The van der Waals surface area contributed by atoms with Gasteiger partial charge in [0.2, 0.25) is 0 Å². The van der Waals surface area contributed by atoms with Gasteiger partial charge < -0.3 is 25.1 Å². The zero-order valence-corrected chi connectivity index (χ0v) is 16.6. The van der Waals surface area contributed by atoms with Gasteiger partial charge in [-0.2, -0.15) is 0 Å². The molecule has 0 aliphatic carbocycles. The normalized spacial score (nSPS) is 15.7. The van der Waals surface area contributed by atoms with E-state index in [1.54, 1.807) is 17.0 Å². The number of hydrogen-bond acceptors (Lipinski definition) is 6. The average Bonchev–Trinajstić information content (AvgIpc) is 2.56. The zero-order valence-electron chi connectivity index (χ0n) is 15.8. The number of aryl methyl sites for hydroxylation is 1. The molecule has 1 fully saturated rings. The van der Waals surface area contributed by atoms with Crippen molar-refractivity contribution in [3.63, 3.8) is 0 Å². The second-order valence-electron chi connectivity index (χ2n) is 7.36. The van der Waals surface area contributed by atoms with Crippen molar-refractivity contribution in [3.8, 4) is 5.75 Å². The summed E-state index contributed by atoms with van der Waals surface area (Å²) < 4.78 is 11.1. The lowest BCUT2D eigenvalue weighted by atomic mass is 10.2. The number of hydrogen-bond donors (Lipinski definition) is 1. The molecule has 1 heterocycles. The highest BCUT2D eigenvalue weighted by Crippen LogP contribution is 2.31. The van der Waals surface area contributed by atoms with E-state index in [4.69, 9.17) is 21.1 Å². The van der Waals surface area contributed by atoms with Crippen LogP contribution in [0.5, 0.6) is 5.75 Å². The SMILES string of the molecule is Cc1cc(N[O-])c(OCCN2CCN(C(=O)OC(C)(C)C)CC2)cc1Cl. The Kier molecular flexibility index (Phi) is 6.97. The summed E-state index contributed by atoms with van der Waals surface area (Å²) >= 11 is 6.09. The number of nitrogens with zero attached hydrogens (tertiary/aromatic N) is 2. The first-order valence-electron chi connectivity index (χ1n) is 8.71. The lowest BCUT2D eigenvalue weighted by Gasteiger charge is -2.35. The first-order valence-corrected chi connectivity index (χ1v) is 9.09. The van der Waals surface area contributed by atoms with E-state index in [2.05, 4.69) is 4.90 Å². The van der Waals surface area contributed by atoms with Gasteiger partial charge in [0.1, 0.15) is 18.0 Å². The van der Waals surface area contributed by atoms with Crippen LogP contribution < -0.4 is 10.2 Å². The summed E-state index contributed by atoms with van der Waals surface area (Å²) in [5.41, 5.74) is 2.59. The molecule has 1 aromatic rings. The standard InChI is InChI=1S/C18H27ClN3O4/c1-13-11-15(20-24)16(12-14(13)19)25-10-9-21-5-7-22(8-6-21)17(23)26-18(2,3)4/h11-12,20H,5-10H2,1-4H3/q-1. The lowest BCUT2D eigenvalue weighted by Crippen LogP contribution is -2.50. The van der Waals surface area contributed by atoms with Crippen molar-refractivity contribution in [1.82, 2.24) is 9.80 Å². The monoisotopic (exact) mass is 384 g/mol. The number of nitrogens with one attached hydrogen (secondary N) is 1. The van der Waals surface area contributed by atoms with Crippen LogP contribution in [0.2, 0.25) is 5.02 Å². The molecular weight excluding hydrogens is 358 g/mol. The molecule has 1 aliphatic rings. The van der Waals surface area contributed by atoms with E-state index in [9.17, 15) is 10.0 Å². The number of amides is 1. The van der Waals surface area contributed by atoms with E-state index in [0.29, 0.717) is 42.7 Å². The number of carbonyl (C=O) groups excluding carboxylic acids is 1. The third-order valence-electron chi connectivity index (χ3n) is 4.06. The lowest BCUT2D eigenvalue weighted by molar-refractivity contribution is 0.0137. The van der Waals surface area contributed by atoms with Gasteiger partial charge in [-0.05, 0) is 39.3 Å². The highest BCUT2D eigenvalue weighted by molar-refractivity contribution is 6.31. The van der Waals surface area contributed by atoms with Gasteiger partial charge in [0, 0.05) is 43.8 Å². The van der Waals surface area contributed by atoms with Crippen LogP contribution in [0.25, 0.3) is 0 Å². The Morgan fingerprint density at radius 2 is 1.92 bits per heavy atom. The minimum absolute atomic E-state index is 0.270. The van der Waals surface area contributed by atoms with Crippen molar-refractivity contribution in [2.24, 2.45) is 0 Å². The molecule has 0 unspecified atom stereocenters. The molecule has 0 radical (unpaired) electrons. The topological polar surface area (TPSA) is 77.1 Å². The van der Waals surface area contributed by atoms with E-state index in [-0.39, 0.29) is 6.09 Å². The second-order valence-corrected chi connectivity index (χ2v) is 7.76. The van der Waals surface area contributed by atoms with Gasteiger partial charge in [-0.1, -0.05) is 11.6 Å². The quantitative estimate of drug-likeness (QED) is 0.783. The maximum Gasteiger partial charge on any atom is 0.410 e. The van der Waals surface area contributed by atoms with Crippen LogP contribution in [0.1, 0.15) is 26.3 Å². The Morgan fingerprint density at radius 3 is 2.50 bits per heavy atom. The molecule has 26 heavy (non-hydrogen) atoms. The van der Waals surface area contributed by atoms with Gasteiger partial charge in [-0.15, -0.1) is 0 Å². The molecule has 8 heteroatoms. The fourth-order valence-electron chi connectivity index (χ4n) is 2.63. The third-order valence-corrected chi connectivity index (χ3v) is 4.47. The molecule has 1 saturated heterocycles. The highest BCUT2D eigenvalue weighted by atomic mass is 35.5. The summed E-state index contributed by atoms with van der Waals surface area (Å²) in [5.74, 6) is 0.447. The Morgan fingerprint density at radius 1 is 1.27 bits per heavy atom. The maximum atomic E-state index is 12.1. The van der Waals surface area contributed by atoms with Gasteiger partial charge in [-0.25, -0.2) is 4.79 Å². The molecule has 1 amide bonds. The average molecular weight is 385 g/mol. The second kappa shape index (κ2) is 8.79. The summed E-state index contributed by atoms with van der Waals surface area (Å²) in [4.78, 5) is 16.0. The molecule has 146 valence electrons. The fourth-order valence-corrected chi connectivity index (χ4v) is 2.78.